The molecule has 0 aliphatic carbocycles. The molecule has 0 radical (unpaired) electrons. The summed E-state index contributed by atoms with van der Waals surface area (Å²) in [7, 11) is -2.50. The molecular formula is C14H12N2O3S. The number of carbonyl (C=O) groups excluding carboxylic acids is 1. The molecule has 3 rings (SSSR count). The molecule has 0 fully saturated rings. The van der Waals surface area contributed by atoms with Crippen LogP contribution in [0.3, 0.4) is 0 Å². The zero-order valence-corrected chi connectivity index (χ0v) is 11.5. The molecule has 1 heterocycles. The minimum absolute atomic E-state index is 0.131. The van der Waals surface area contributed by atoms with Gasteiger partial charge in [0.2, 0.25) is 0 Å². The van der Waals surface area contributed by atoms with Gasteiger partial charge in [-0.3, -0.25) is 4.90 Å². The molecule has 0 unspecified atom stereocenters. The van der Waals surface area contributed by atoms with Gasteiger partial charge in [0.1, 0.15) is 4.90 Å². The Kier molecular flexibility index (Phi) is 2.76. The van der Waals surface area contributed by atoms with E-state index < -0.39 is 16.1 Å². The van der Waals surface area contributed by atoms with Crippen molar-refractivity contribution in [1.29, 1.82) is 0 Å². The summed E-state index contributed by atoms with van der Waals surface area (Å²) >= 11 is 0. The topological polar surface area (TPSA) is 57.7 Å². The first-order valence-corrected chi connectivity index (χ1v) is 7.44. The normalized spacial score (nSPS) is 16.9. The monoisotopic (exact) mass is 288 g/mol. The predicted molar refractivity (Wildman–Crippen MR) is 75.4 cm³/mol. The third kappa shape index (κ3) is 1.69. The van der Waals surface area contributed by atoms with E-state index in [1.54, 1.807) is 42.5 Å². The van der Waals surface area contributed by atoms with Crippen LogP contribution < -0.4 is 4.90 Å². The van der Waals surface area contributed by atoms with E-state index in [9.17, 15) is 13.2 Å². The van der Waals surface area contributed by atoms with E-state index in [0.717, 1.165) is 4.31 Å². The molecule has 102 valence electrons. The van der Waals surface area contributed by atoms with Crippen molar-refractivity contribution in [3.05, 3.63) is 54.6 Å². The summed E-state index contributed by atoms with van der Waals surface area (Å²) in [5.74, 6) is 0. The van der Waals surface area contributed by atoms with E-state index in [-0.39, 0.29) is 4.90 Å². The molecule has 20 heavy (non-hydrogen) atoms. The zero-order chi connectivity index (χ0) is 14.3. The lowest BCUT2D eigenvalue weighted by atomic mass is 10.2. The molecular weight excluding hydrogens is 276 g/mol. The molecule has 0 saturated carbocycles. The summed E-state index contributed by atoms with van der Waals surface area (Å²) in [5.41, 5.74) is 1.01. The number of amides is 2. The number of benzene rings is 2. The highest BCUT2D eigenvalue weighted by molar-refractivity contribution is 7.90. The molecule has 0 atom stereocenters. The Hall–Kier alpha value is -2.34. The number of hydrogen-bond donors (Lipinski definition) is 0. The molecule has 1 aliphatic rings. The van der Waals surface area contributed by atoms with Crippen LogP contribution in [0.2, 0.25) is 0 Å². The number of fused-ring (bicyclic) bond motifs is 1. The molecule has 0 spiro atoms. The van der Waals surface area contributed by atoms with Crippen LogP contribution in [-0.4, -0.2) is 25.8 Å². The van der Waals surface area contributed by atoms with Gasteiger partial charge in [0, 0.05) is 7.05 Å². The number of para-hydroxylation sites is 2. The van der Waals surface area contributed by atoms with Crippen molar-refractivity contribution in [2.75, 3.05) is 11.9 Å². The van der Waals surface area contributed by atoms with E-state index in [2.05, 4.69) is 0 Å². The Morgan fingerprint density at radius 2 is 1.50 bits per heavy atom. The van der Waals surface area contributed by atoms with Crippen LogP contribution in [0.4, 0.5) is 16.2 Å². The van der Waals surface area contributed by atoms with Crippen molar-refractivity contribution < 1.29 is 13.2 Å². The lowest BCUT2D eigenvalue weighted by molar-refractivity contribution is 0.235. The number of nitrogens with zero attached hydrogens (tertiary/aromatic N) is 2. The van der Waals surface area contributed by atoms with Crippen molar-refractivity contribution >= 4 is 27.4 Å². The first-order chi connectivity index (χ1) is 9.53. The van der Waals surface area contributed by atoms with Crippen LogP contribution in [0, 0.1) is 0 Å². The van der Waals surface area contributed by atoms with Crippen LogP contribution in [0.1, 0.15) is 0 Å². The van der Waals surface area contributed by atoms with Gasteiger partial charge in [-0.2, -0.15) is 0 Å². The van der Waals surface area contributed by atoms with Gasteiger partial charge < -0.3 is 0 Å². The summed E-state index contributed by atoms with van der Waals surface area (Å²) in [6.45, 7) is 0. The smallest absolute Gasteiger partial charge is 0.261 e. The Bertz CT molecular complexity index is 772. The standard InChI is InChI=1S/C14H12N2O3S/c1-15-14(17)16(11-7-3-2-4-8-11)12-9-5-6-10-13(12)20(15,18)19/h2-10H,1H3. The Balaban J connectivity index is 2.29. The SMILES string of the molecule is CN1C(=O)N(c2ccccc2)c2ccccc2S1(=O)=O. The highest BCUT2D eigenvalue weighted by Crippen LogP contribution is 2.37. The molecule has 2 amide bonds. The van der Waals surface area contributed by atoms with Gasteiger partial charge in [-0.25, -0.2) is 17.5 Å². The van der Waals surface area contributed by atoms with Crippen LogP contribution in [0.15, 0.2) is 59.5 Å². The molecule has 0 saturated heterocycles. The summed E-state index contributed by atoms with van der Waals surface area (Å²) in [6.07, 6.45) is 0. The molecule has 2 aromatic carbocycles. The molecule has 0 aromatic heterocycles. The van der Waals surface area contributed by atoms with Crippen molar-refractivity contribution in [2.24, 2.45) is 0 Å². The fourth-order valence-electron chi connectivity index (χ4n) is 2.18. The number of anilines is 2. The minimum atomic E-state index is -3.77. The van der Waals surface area contributed by atoms with Crippen LogP contribution >= 0.6 is 0 Å². The quantitative estimate of drug-likeness (QED) is 0.810. The van der Waals surface area contributed by atoms with E-state index >= 15 is 0 Å². The van der Waals surface area contributed by atoms with E-state index in [4.69, 9.17) is 0 Å². The molecule has 2 aromatic rings. The van der Waals surface area contributed by atoms with Crippen molar-refractivity contribution in [3.63, 3.8) is 0 Å². The minimum Gasteiger partial charge on any atom is -0.261 e. The molecule has 0 N–H and O–H groups in total. The first kappa shape index (κ1) is 12.7. The average molecular weight is 288 g/mol. The molecule has 0 bridgehead atoms. The Morgan fingerprint density at radius 3 is 2.20 bits per heavy atom. The maximum atomic E-state index is 12.4. The number of carbonyl (C=O) groups is 1. The molecule has 6 heteroatoms. The van der Waals surface area contributed by atoms with Crippen LogP contribution in [0.25, 0.3) is 0 Å². The third-order valence-electron chi connectivity index (χ3n) is 3.22. The maximum Gasteiger partial charge on any atom is 0.342 e. The van der Waals surface area contributed by atoms with Gasteiger partial charge in [0.25, 0.3) is 10.0 Å². The number of urea groups is 1. The Morgan fingerprint density at radius 1 is 0.900 bits per heavy atom. The number of sulfonamides is 1. The lowest BCUT2D eigenvalue weighted by Crippen LogP contribution is -2.46. The van der Waals surface area contributed by atoms with E-state index in [1.807, 2.05) is 6.07 Å². The fourth-order valence-corrected chi connectivity index (χ4v) is 3.44. The number of hydrogen-bond acceptors (Lipinski definition) is 3. The van der Waals surface area contributed by atoms with Gasteiger partial charge in [0.05, 0.1) is 11.4 Å². The van der Waals surface area contributed by atoms with Crippen molar-refractivity contribution in [1.82, 2.24) is 4.31 Å². The van der Waals surface area contributed by atoms with Gasteiger partial charge in [-0.05, 0) is 24.3 Å². The van der Waals surface area contributed by atoms with Crippen molar-refractivity contribution in [3.8, 4) is 0 Å². The second-order valence-electron chi connectivity index (χ2n) is 4.39. The lowest BCUT2D eigenvalue weighted by Gasteiger charge is -2.34. The third-order valence-corrected chi connectivity index (χ3v) is 5.00. The second-order valence-corrected chi connectivity index (χ2v) is 6.33. The summed E-state index contributed by atoms with van der Waals surface area (Å²) < 4.78 is 25.3. The van der Waals surface area contributed by atoms with Crippen LogP contribution in [-0.2, 0) is 10.0 Å². The summed E-state index contributed by atoms with van der Waals surface area (Å²) in [5, 5.41) is 0. The van der Waals surface area contributed by atoms with Gasteiger partial charge in [-0.15, -0.1) is 0 Å². The second kappa shape index (κ2) is 4.35. The fraction of sp³-hybridized carbons (Fsp3) is 0.0714. The van der Waals surface area contributed by atoms with Gasteiger partial charge in [0.15, 0.2) is 0 Å². The Labute approximate surface area is 117 Å². The highest BCUT2D eigenvalue weighted by atomic mass is 32.2. The average Bonchev–Trinajstić information content (AvgIpc) is 2.47. The first-order valence-electron chi connectivity index (χ1n) is 6.00. The van der Waals surface area contributed by atoms with Gasteiger partial charge >= 0.3 is 6.03 Å². The van der Waals surface area contributed by atoms with Gasteiger partial charge in [-0.1, -0.05) is 30.3 Å². The molecule has 1 aliphatic heterocycles. The summed E-state index contributed by atoms with van der Waals surface area (Å²) in [6, 6.07) is 14.9. The predicted octanol–water partition coefficient (Wildman–Crippen LogP) is 2.58. The summed E-state index contributed by atoms with van der Waals surface area (Å²) in [4.78, 5) is 13.9. The number of rotatable bonds is 1. The largest absolute Gasteiger partial charge is 0.342 e. The van der Waals surface area contributed by atoms with Crippen molar-refractivity contribution in [2.45, 2.75) is 4.90 Å². The van der Waals surface area contributed by atoms with Crippen LogP contribution in [0.5, 0.6) is 0 Å². The maximum absolute atomic E-state index is 12.4. The highest BCUT2D eigenvalue weighted by Gasteiger charge is 2.39. The zero-order valence-electron chi connectivity index (χ0n) is 10.7. The van der Waals surface area contributed by atoms with E-state index in [0.29, 0.717) is 11.4 Å². The molecule has 5 nitrogen and oxygen atoms in total. The van der Waals surface area contributed by atoms with E-state index in [1.165, 1.54) is 18.0 Å².